The molecule has 0 radical (unpaired) electrons. The van der Waals surface area contributed by atoms with Crippen LogP contribution in [0.25, 0.3) is 0 Å². The van der Waals surface area contributed by atoms with Crippen molar-refractivity contribution >= 4 is 41.0 Å². The Morgan fingerprint density at radius 2 is 1.70 bits per heavy atom. The molecule has 1 unspecified atom stereocenters. The molecule has 1 aromatic heterocycles. The van der Waals surface area contributed by atoms with Gasteiger partial charge in [0.2, 0.25) is 11.8 Å². The van der Waals surface area contributed by atoms with Gasteiger partial charge < -0.3 is 19.9 Å². The fourth-order valence-electron chi connectivity index (χ4n) is 8.78. The number of amides is 4. The number of carbonyl (C=O) groups excluding carboxylic acids is 4. The number of rotatable bonds is 9. The van der Waals surface area contributed by atoms with Gasteiger partial charge in [-0.05, 0) is 86.4 Å². The largest absolute Gasteiger partial charge is 0.490 e. The molecule has 4 fully saturated rings. The molecule has 292 valence electrons. The minimum Gasteiger partial charge on any atom is -0.490 e. The van der Waals surface area contributed by atoms with Crippen molar-refractivity contribution in [3.63, 3.8) is 0 Å². The highest BCUT2D eigenvalue weighted by Crippen LogP contribution is 2.30. The average Bonchev–Trinajstić information content (AvgIpc) is 3.53. The van der Waals surface area contributed by atoms with E-state index in [1.54, 1.807) is 29.2 Å². The lowest BCUT2D eigenvalue weighted by Crippen LogP contribution is -2.53. The van der Waals surface area contributed by atoms with Crippen molar-refractivity contribution in [3.05, 3.63) is 81.5 Å². The molecule has 8 rings (SSSR count). The van der Waals surface area contributed by atoms with Crippen LogP contribution in [0.3, 0.4) is 0 Å². The smallest absolute Gasteiger partial charge is 0.272 e. The lowest BCUT2D eigenvalue weighted by molar-refractivity contribution is -0.136. The third-order valence-corrected chi connectivity index (χ3v) is 12.3. The number of hydrogen-bond donors (Lipinski definition) is 2. The summed E-state index contributed by atoms with van der Waals surface area (Å²) in [4.78, 5) is 59.0. The van der Waals surface area contributed by atoms with Crippen molar-refractivity contribution in [3.8, 4) is 11.8 Å². The van der Waals surface area contributed by atoms with E-state index in [2.05, 4.69) is 47.7 Å². The number of anilines is 1. The minimum absolute atomic E-state index is 0.0279. The quantitative estimate of drug-likeness (QED) is 0.305. The zero-order valence-electron chi connectivity index (χ0n) is 31.3. The zero-order valence-corrected chi connectivity index (χ0v) is 32.0. The summed E-state index contributed by atoms with van der Waals surface area (Å²) in [5, 5.41) is 23.7. The molecule has 14 nitrogen and oxygen atoms in total. The van der Waals surface area contributed by atoms with Gasteiger partial charge >= 0.3 is 0 Å². The zero-order chi connectivity index (χ0) is 38.8. The highest BCUT2D eigenvalue weighted by atomic mass is 35.5. The first-order valence-corrected chi connectivity index (χ1v) is 20.1. The van der Waals surface area contributed by atoms with Crippen LogP contribution in [0.15, 0.2) is 48.5 Å². The van der Waals surface area contributed by atoms with E-state index in [0.29, 0.717) is 46.6 Å². The van der Waals surface area contributed by atoms with Crippen molar-refractivity contribution in [2.45, 2.75) is 88.7 Å². The molecule has 5 heterocycles. The maximum atomic E-state index is 13.1. The Morgan fingerprint density at radius 3 is 2.39 bits per heavy atom. The number of fused-ring (bicyclic) bond motifs is 1. The molecule has 3 saturated heterocycles. The van der Waals surface area contributed by atoms with Gasteiger partial charge in [-0.3, -0.25) is 34.3 Å². The van der Waals surface area contributed by atoms with Crippen LogP contribution in [0.1, 0.15) is 88.9 Å². The number of nitrogens with zero attached hydrogens (tertiary/aromatic N) is 7. The van der Waals surface area contributed by atoms with Crippen molar-refractivity contribution < 1.29 is 23.9 Å². The summed E-state index contributed by atoms with van der Waals surface area (Å²) in [6, 6.07) is 16.8. The highest BCUT2D eigenvalue weighted by molar-refractivity contribution is 6.31. The van der Waals surface area contributed by atoms with E-state index in [9.17, 15) is 19.2 Å². The summed E-state index contributed by atoms with van der Waals surface area (Å²) < 4.78 is 6.08. The molecule has 1 saturated carbocycles. The molecule has 2 aromatic carbocycles. The summed E-state index contributed by atoms with van der Waals surface area (Å²) in [7, 11) is 0. The summed E-state index contributed by atoms with van der Waals surface area (Å²) in [6.07, 6.45) is 5.91. The number of piperazine rings is 1. The summed E-state index contributed by atoms with van der Waals surface area (Å²) in [5.41, 5.74) is 3.49. The topological polar surface area (TPSA) is 164 Å². The van der Waals surface area contributed by atoms with Gasteiger partial charge in [0.05, 0.1) is 16.7 Å². The second-order valence-corrected chi connectivity index (χ2v) is 15.9. The number of nitriles is 1. The van der Waals surface area contributed by atoms with Gasteiger partial charge in [-0.15, -0.1) is 10.2 Å². The molecule has 4 amide bonds. The number of halogens is 1. The van der Waals surface area contributed by atoms with E-state index >= 15 is 0 Å². The van der Waals surface area contributed by atoms with E-state index in [-0.39, 0.29) is 42.2 Å². The number of hydrogen-bond acceptors (Lipinski definition) is 11. The summed E-state index contributed by atoms with van der Waals surface area (Å²) in [5.74, 6) is 0.417. The van der Waals surface area contributed by atoms with E-state index in [1.807, 2.05) is 18.2 Å². The van der Waals surface area contributed by atoms with Crippen molar-refractivity contribution in [2.24, 2.45) is 0 Å². The molecule has 56 heavy (non-hydrogen) atoms. The fraction of sp³-hybridized carbons (Fsp3) is 0.488. The lowest BCUT2D eigenvalue weighted by atomic mass is 9.93. The van der Waals surface area contributed by atoms with E-state index in [4.69, 9.17) is 21.6 Å². The van der Waals surface area contributed by atoms with Crippen molar-refractivity contribution in [1.82, 2.24) is 35.5 Å². The SMILES string of the molecule is N#Cc1ccc(OC2CCC(NC(=O)c3ccc(N4CCC(N5CCN(Cc6ccc7c(c6)CN(C6CCC(=O)NC6=O)C7=O)CC5)CC4)nn3)CC2)cc1Cl. The number of piperidine rings is 2. The van der Waals surface area contributed by atoms with E-state index in [0.717, 1.165) is 101 Å². The number of ether oxygens (including phenoxy) is 1. The van der Waals surface area contributed by atoms with Crippen LogP contribution in [0.5, 0.6) is 5.75 Å². The number of nitrogens with one attached hydrogen (secondary N) is 2. The predicted octanol–water partition coefficient (Wildman–Crippen LogP) is 3.67. The fourth-order valence-corrected chi connectivity index (χ4v) is 9.00. The number of benzene rings is 2. The molecule has 5 aliphatic rings. The van der Waals surface area contributed by atoms with E-state index in [1.165, 1.54) is 0 Å². The predicted molar refractivity (Wildman–Crippen MR) is 207 cm³/mol. The van der Waals surface area contributed by atoms with Crippen LogP contribution in [-0.2, 0) is 22.7 Å². The normalized spacial score (nSPS) is 23.7. The third-order valence-electron chi connectivity index (χ3n) is 12.0. The molecular formula is C41H46ClN9O5. The maximum absolute atomic E-state index is 13.1. The molecule has 0 spiro atoms. The third kappa shape index (κ3) is 8.35. The van der Waals surface area contributed by atoms with Crippen molar-refractivity contribution in [1.29, 1.82) is 5.26 Å². The highest BCUT2D eigenvalue weighted by Gasteiger charge is 2.39. The Hall–Kier alpha value is -5.10. The molecule has 1 aliphatic carbocycles. The number of carbonyl (C=O) groups is 4. The van der Waals surface area contributed by atoms with Gasteiger partial charge in [0, 0.05) is 82.5 Å². The van der Waals surface area contributed by atoms with Crippen LogP contribution in [0.2, 0.25) is 5.02 Å². The molecule has 2 N–H and O–H groups in total. The number of aromatic nitrogens is 2. The summed E-state index contributed by atoms with van der Waals surface area (Å²) in [6.45, 7) is 6.91. The molecule has 0 bridgehead atoms. The van der Waals surface area contributed by atoms with Crippen molar-refractivity contribution in [2.75, 3.05) is 44.2 Å². The second kappa shape index (κ2) is 16.6. The monoisotopic (exact) mass is 779 g/mol. The Kier molecular flexibility index (Phi) is 11.2. The molecule has 3 aromatic rings. The van der Waals surface area contributed by atoms with E-state index < -0.39 is 6.04 Å². The second-order valence-electron chi connectivity index (χ2n) is 15.5. The van der Waals surface area contributed by atoms with Crippen LogP contribution >= 0.6 is 11.6 Å². The average molecular weight is 780 g/mol. The lowest BCUT2D eigenvalue weighted by Gasteiger charge is -2.43. The van der Waals surface area contributed by atoms with Crippen LogP contribution in [0, 0.1) is 11.3 Å². The van der Waals surface area contributed by atoms with Gasteiger partial charge in [0.25, 0.3) is 11.8 Å². The molecule has 4 aliphatic heterocycles. The van der Waals surface area contributed by atoms with Gasteiger partial charge in [-0.1, -0.05) is 23.7 Å². The van der Waals surface area contributed by atoms with Gasteiger partial charge in [0.1, 0.15) is 17.9 Å². The Balaban J connectivity index is 0.745. The first-order valence-electron chi connectivity index (χ1n) is 19.7. The van der Waals surface area contributed by atoms with Crippen LogP contribution < -0.4 is 20.3 Å². The first-order chi connectivity index (χ1) is 27.2. The minimum atomic E-state index is -0.600. The van der Waals surface area contributed by atoms with Gasteiger partial charge in [0.15, 0.2) is 11.5 Å². The maximum Gasteiger partial charge on any atom is 0.272 e. The van der Waals surface area contributed by atoms with Gasteiger partial charge in [-0.2, -0.15) is 5.26 Å². The Labute approximate surface area is 331 Å². The van der Waals surface area contributed by atoms with Gasteiger partial charge in [-0.25, -0.2) is 0 Å². The number of imide groups is 1. The Morgan fingerprint density at radius 1 is 0.911 bits per heavy atom. The summed E-state index contributed by atoms with van der Waals surface area (Å²) >= 11 is 6.15. The Bertz CT molecular complexity index is 2020. The standard InChI is InChI=1S/C41H46ClN9O5/c42-34-22-32(5-2-27(34)23-43)56-31-6-3-29(4-7-31)44-39(53)35-9-11-37(47-46-35)50-15-13-30(14-16-50)49-19-17-48(18-20-49)24-26-1-8-33-28(21-26)25-51(41(33)55)36-10-12-38(52)45-40(36)54/h1-2,5,8-9,11,21-22,29-31,36H,3-4,6-7,10,12-20,24-25H2,(H,44,53)(H,45,52,54). The molecule has 15 heteroatoms. The molecule has 1 atom stereocenters. The van der Waals surface area contributed by atoms with Crippen LogP contribution in [-0.4, -0.2) is 112 Å². The molecular weight excluding hydrogens is 734 g/mol. The first kappa shape index (κ1) is 37.8. The van der Waals surface area contributed by atoms with Crippen LogP contribution in [0.4, 0.5) is 5.82 Å².